The quantitative estimate of drug-likeness (QED) is 0.687. The summed E-state index contributed by atoms with van der Waals surface area (Å²) in [5.74, 6) is -0.321. The molecule has 0 N–H and O–H groups in total. The van der Waals surface area contributed by atoms with E-state index in [1.54, 1.807) is 11.9 Å². The highest BCUT2D eigenvalue weighted by atomic mass is 79.9. The standard InChI is InChI=1S/C13H16BrCl2NO3S/c1-5-13(2,3)17(4)12(18)8-6-9(15)11(14)10(7-8)21(16,19)20/h6-7H,5H2,1-4H3. The summed E-state index contributed by atoms with van der Waals surface area (Å²) in [6.07, 6.45) is 0.750. The summed E-state index contributed by atoms with van der Waals surface area (Å²) in [4.78, 5) is 13.8. The van der Waals surface area contributed by atoms with E-state index in [0.29, 0.717) is 0 Å². The highest BCUT2D eigenvalue weighted by molar-refractivity contribution is 9.10. The molecule has 0 saturated carbocycles. The van der Waals surface area contributed by atoms with Gasteiger partial charge in [0.1, 0.15) is 0 Å². The zero-order valence-electron chi connectivity index (χ0n) is 12.1. The summed E-state index contributed by atoms with van der Waals surface area (Å²) >= 11 is 9.05. The molecule has 118 valence electrons. The van der Waals surface area contributed by atoms with Crippen LogP contribution in [0.15, 0.2) is 21.5 Å². The molecule has 1 rings (SSSR count). The van der Waals surface area contributed by atoms with Crippen molar-refractivity contribution in [3.8, 4) is 0 Å². The molecular formula is C13H16BrCl2NO3S. The van der Waals surface area contributed by atoms with E-state index in [9.17, 15) is 13.2 Å². The lowest BCUT2D eigenvalue weighted by Crippen LogP contribution is -2.44. The van der Waals surface area contributed by atoms with Crippen molar-refractivity contribution in [3.05, 3.63) is 27.2 Å². The number of benzene rings is 1. The number of amides is 1. The number of hydrogen-bond donors (Lipinski definition) is 0. The van der Waals surface area contributed by atoms with Crippen LogP contribution in [0, 0.1) is 0 Å². The van der Waals surface area contributed by atoms with Crippen LogP contribution in [-0.4, -0.2) is 31.8 Å². The third-order valence-electron chi connectivity index (χ3n) is 3.58. The number of nitrogens with zero attached hydrogens (tertiary/aromatic N) is 1. The van der Waals surface area contributed by atoms with Gasteiger partial charge in [-0.25, -0.2) is 8.42 Å². The Balaban J connectivity index is 3.40. The Morgan fingerprint density at radius 1 is 1.38 bits per heavy atom. The molecule has 0 fully saturated rings. The van der Waals surface area contributed by atoms with Gasteiger partial charge in [-0.15, -0.1) is 0 Å². The summed E-state index contributed by atoms with van der Waals surface area (Å²) in [6, 6.07) is 2.64. The van der Waals surface area contributed by atoms with Gasteiger partial charge in [0.25, 0.3) is 15.0 Å². The molecule has 8 heteroatoms. The Hall–Kier alpha value is -0.300. The molecule has 0 bridgehead atoms. The van der Waals surface area contributed by atoms with Crippen molar-refractivity contribution >= 4 is 53.2 Å². The fourth-order valence-corrected chi connectivity index (χ4v) is 3.95. The molecule has 0 unspecified atom stereocenters. The molecule has 4 nitrogen and oxygen atoms in total. The molecule has 1 aromatic rings. The zero-order chi connectivity index (χ0) is 16.6. The van der Waals surface area contributed by atoms with Crippen LogP contribution in [0.4, 0.5) is 0 Å². The lowest BCUT2D eigenvalue weighted by atomic mass is 9.99. The van der Waals surface area contributed by atoms with E-state index >= 15 is 0 Å². The fraction of sp³-hybridized carbons (Fsp3) is 0.462. The topological polar surface area (TPSA) is 54.5 Å². The second-order valence-corrected chi connectivity index (χ2v) is 8.97. The third kappa shape index (κ3) is 4.12. The summed E-state index contributed by atoms with van der Waals surface area (Å²) < 4.78 is 23.3. The first kappa shape index (κ1) is 18.7. The van der Waals surface area contributed by atoms with Crippen LogP contribution in [-0.2, 0) is 9.05 Å². The van der Waals surface area contributed by atoms with Gasteiger partial charge in [0, 0.05) is 28.8 Å². The van der Waals surface area contributed by atoms with Crippen molar-refractivity contribution < 1.29 is 13.2 Å². The lowest BCUT2D eigenvalue weighted by Gasteiger charge is -2.35. The van der Waals surface area contributed by atoms with Crippen LogP contribution in [0.2, 0.25) is 5.02 Å². The van der Waals surface area contributed by atoms with Crippen LogP contribution in [0.5, 0.6) is 0 Å². The summed E-state index contributed by atoms with van der Waals surface area (Å²) in [6.45, 7) is 5.81. The van der Waals surface area contributed by atoms with Gasteiger partial charge in [-0.3, -0.25) is 4.79 Å². The smallest absolute Gasteiger partial charge is 0.262 e. The average molecular weight is 417 g/mol. The van der Waals surface area contributed by atoms with E-state index < -0.39 is 9.05 Å². The first-order valence-electron chi connectivity index (χ1n) is 6.13. The van der Waals surface area contributed by atoms with E-state index in [1.807, 2.05) is 20.8 Å². The van der Waals surface area contributed by atoms with Crippen LogP contribution in [0.1, 0.15) is 37.6 Å². The van der Waals surface area contributed by atoms with Gasteiger partial charge in [-0.1, -0.05) is 18.5 Å². The molecule has 21 heavy (non-hydrogen) atoms. The predicted octanol–water partition coefficient (Wildman–Crippen LogP) is 4.29. The van der Waals surface area contributed by atoms with Crippen LogP contribution in [0.25, 0.3) is 0 Å². The van der Waals surface area contributed by atoms with E-state index in [2.05, 4.69) is 15.9 Å². The molecule has 0 aliphatic heterocycles. The van der Waals surface area contributed by atoms with Gasteiger partial charge in [-0.05, 0) is 48.3 Å². The molecule has 1 aromatic carbocycles. The highest BCUT2D eigenvalue weighted by Crippen LogP contribution is 2.34. The first-order valence-corrected chi connectivity index (χ1v) is 9.61. The van der Waals surface area contributed by atoms with Crippen molar-refractivity contribution in [3.63, 3.8) is 0 Å². The number of halogens is 3. The summed E-state index contributed by atoms with van der Waals surface area (Å²) in [7, 11) is 3.02. The molecule has 0 radical (unpaired) electrons. The number of rotatable bonds is 4. The molecule has 1 amide bonds. The molecule has 0 heterocycles. The van der Waals surface area contributed by atoms with Crippen molar-refractivity contribution in [2.75, 3.05) is 7.05 Å². The second kappa shape index (κ2) is 6.44. The Kier molecular flexibility index (Phi) is 5.75. The van der Waals surface area contributed by atoms with Gasteiger partial charge in [-0.2, -0.15) is 0 Å². The molecule has 0 spiro atoms. The van der Waals surface area contributed by atoms with Gasteiger partial charge in [0.05, 0.1) is 14.4 Å². The van der Waals surface area contributed by atoms with Crippen LogP contribution in [0.3, 0.4) is 0 Å². The van der Waals surface area contributed by atoms with Gasteiger partial charge in [0.2, 0.25) is 0 Å². The molecule has 0 aliphatic carbocycles. The van der Waals surface area contributed by atoms with Crippen molar-refractivity contribution in [1.29, 1.82) is 0 Å². The minimum atomic E-state index is -4.01. The highest BCUT2D eigenvalue weighted by Gasteiger charge is 2.28. The average Bonchev–Trinajstić information content (AvgIpc) is 2.38. The zero-order valence-corrected chi connectivity index (χ0v) is 16.0. The molecule has 0 saturated heterocycles. The molecule has 0 aromatic heterocycles. The van der Waals surface area contributed by atoms with Gasteiger partial charge < -0.3 is 4.90 Å². The molecular weight excluding hydrogens is 401 g/mol. The van der Waals surface area contributed by atoms with Gasteiger partial charge in [0.15, 0.2) is 0 Å². The number of carbonyl (C=O) groups is 1. The second-order valence-electron chi connectivity index (χ2n) is 5.24. The predicted molar refractivity (Wildman–Crippen MR) is 88.7 cm³/mol. The van der Waals surface area contributed by atoms with Crippen LogP contribution >= 0.6 is 38.2 Å². The van der Waals surface area contributed by atoms with E-state index in [-0.39, 0.29) is 31.4 Å². The van der Waals surface area contributed by atoms with Gasteiger partial charge >= 0.3 is 0 Å². The van der Waals surface area contributed by atoms with E-state index in [4.69, 9.17) is 22.3 Å². The maximum Gasteiger partial charge on any atom is 0.262 e. The van der Waals surface area contributed by atoms with E-state index in [1.165, 1.54) is 12.1 Å². The number of carbonyl (C=O) groups excluding carboxylic acids is 1. The third-order valence-corrected chi connectivity index (χ3v) is 6.57. The van der Waals surface area contributed by atoms with E-state index in [0.717, 1.165) is 6.42 Å². The minimum Gasteiger partial charge on any atom is -0.337 e. The maximum atomic E-state index is 12.5. The summed E-state index contributed by atoms with van der Waals surface area (Å²) in [5, 5.41) is 0.114. The summed E-state index contributed by atoms with van der Waals surface area (Å²) in [5.41, 5.74) is -0.192. The molecule has 0 atom stereocenters. The Morgan fingerprint density at radius 3 is 2.33 bits per heavy atom. The Morgan fingerprint density at radius 2 is 1.90 bits per heavy atom. The SMILES string of the molecule is CCC(C)(C)N(C)C(=O)c1cc(Cl)c(Br)c(S(=O)(=O)Cl)c1. The van der Waals surface area contributed by atoms with Crippen LogP contribution < -0.4 is 0 Å². The molecule has 0 aliphatic rings. The maximum absolute atomic E-state index is 12.5. The van der Waals surface area contributed by atoms with Crippen molar-refractivity contribution in [2.24, 2.45) is 0 Å². The normalized spacial score (nSPS) is 12.3. The number of hydrogen-bond acceptors (Lipinski definition) is 3. The first-order chi connectivity index (χ1) is 9.41. The largest absolute Gasteiger partial charge is 0.337 e. The fourth-order valence-electron chi connectivity index (χ4n) is 1.57. The lowest BCUT2D eigenvalue weighted by molar-refractivity contribution is 0.0620. The Labute approximate surface area is 143 Å². The monoisotopic (exact) mass is 415 g/mol. The van der Waals surface area contributed by atoms with Crippen molar-refractivity contribution in [2.45, 2.75) is 37.6 Å². The Bertz CT molecular complexity index is 674. The minimum absolute atomic E-state index is 0.114. The van der Waals surface area contributed by atoms with Crippen molar-refractivity contribution in [1.82, 2.24) is 4.90 Å².